The topological polar surface area (TPSA) is 64.0 Å². The fraction of sp³-hybridized carbons (Fsp3) is 0.300. The van der Waals surface area contributed by atoms with Gasteiger partial charge in [0.25, 0.3) is 5.56 Å². The number of pyridine rings is 2. The Balaban J connectivity index is 1.68. The van der Waals surface area contributed by atoms with Gasteiger partial charge in [0.2, 0.25) is 0 Å². The lowest BCUT2D eigenvalue weighted by molar-refractivity contribution is -0.109. The van der Waals surface area contributed by atoms with Crippen molar-refractivity contribution in [2.24, 2.45) is 7.05 Å². The van der Waals surface area contributed by atoms with Gasteiger partial charge in [-0.25, -0.2) is 0 Å². The molecule has 1 aliphatic carbocycles. The molecule has 1 N–H and O–H groups in total. The third kappa shape index (κ3) is 4.05. The molecule has 4 aromatic rings. The summed E-state index contributed by atoms with van der Waals surface area (Å²) < 4.78 is 1.70. The van der Waals surface area contributed by atoms with Crippen LogP contribution in [0, 0.1) is 13.8 Å². The summed E-state index contributed by atoms with van der Waals surface area (Å²) in [6, 6.07) is 18.4. The zero-order valence-electron chi connectivity index (χ0n) is 20.8. The number of hydrogen-bond acceptors (Lipinski definition) is 4. The third-order valence-electron chi connectivity index (χ3n) is 7.28. The van der Waals surface area contributed by atoms with Crippen molar-refractivity contribution >= 4 is 22.7 Å². The van der Waals surface area contributed by atoms with Crippen LogP contribution in [-0.2, 0) is 17.4 Å². The number of para-hydroxylation sites is 1. The van der Waals surface area contributed by atoms with Gasteiger partial charge < -0.3 is 14.7 Å². The number of aryl methyl sites for hydroxylation is 2. The number of aromatic nitrogens is 2. The molecule has 0 saturated heterocycles. The molecule has 1 fully saturated rings. The van der Waals surface area contributed by atoms with Crippen LogP contribution in [0.15, 0.2) is 65.6 Å². The Bertz CT molecular complexity index is 1480. The fourth-order valence-electron chi connectivity index (χ4n) is 5.08. The van der Waals surface area contributed by atoms with Gasteiger partial charge in [-0.2, -0.15) is 0 Å². The first kappa shape index (κ1) is 23.0. The minimum absolute atomic E-state index is 0.0203. The van der Waals surface area contributed by atoms with E-state index in [9.17, 15) is 9.59 Å². The van der Waals surface area contributed by atoms with Gasteiger partial charge in [-0.05, 0) is 85.0 Å². The summed E-state index contributed by atoms with van der Waals surface area (Å²) in [7, 11) is 1.81. The molecular formula is C30H31N3O2. The molecule has 2 aromatic carbocycles. The van der Waals surface area contributed by atoms with E-state index in [2.05, 4.69) is 28.5 Å². The van der Waals surface area contributed by atoms with E-state index in [0.29, 0.717) is 0 Å². The summed E-state index contributed by atoms with van der Waals surface area (Å²) in [5.41, 5.74) is 6.57. The first-order chi connectivity index (χ1) is 16.9. The number of carbonyl (C=O) groups is 1. The summed E-state index contributed by atoms with van der Waals surface area (Å²) in [6.07, 6.45) is 5.55. The van der Waals surface area contributed by atoms with E-state index in [0.717, 1.165) is 75.7 Å². The van der Waals surface area contributed by atoms with Gasteiger partial charge in [0.05, 0.1) is 16.9 Å². The smallest absolute Gasteiger partial charge is 0.258 e. The number of fused-ring (bicyclic) bond motifs is 1. The third-order valence-corrected chi connectivity index (χ3v) is 7.28. The van der Waals surface area contributed by atoms with Crippen LogP contribution in [0.4, 0.5) is 5.69 Å². The van der Waals surface area contributed by atoms with Gasteiger partial charge >= 0.3 is 0 Å². The van der Waals surface area contributed by atoms with E-state index in [4.69, 9.17) is 0 Å². The molecule has 2 heterocycles. The maximum Gasteiger partial charge on any atom is 0.258 e. The first-order valence-corrected chi connectivity index (χ1v) is 12.3. The molecule has 1 atom stereocenters. The lowest BCUT2D eigenvalue weighted by Gasteiger charge is -2.25. The highest BCUT2D eigenvalue weighted by Gasteiger charge is 2.46. The second kappa shape index (κ2) is 8.81. The molecule has 178 valence electrons. The Morgan fingerprint density at radius 3 is 2.49 bits per heavy atom. The minimum atomic E-state index is -0.272. The number of aldehydes is 1. The van der Waals surface area contributed by atoms with Crippen LogP contribution in [-0.4, -0.2) is 15.8 Å². The Kier molecular flexibility index (Phi) is 5.79. The van der Waals surface area contributed by atoms with Crippen molar-refractivity contribution in [2.75, 3.05) is 5.32 Å². The first-order valence-electron chi connectivity index (χ1n) is 12.3. The zero-order valence-corrected chi connectivity index (χ0v) is 20.8. The average Bonchev–Trinajstić information content (AvgIpc) is 3.64. The number of benzene rings is 2. The highest BCUT2D eigenvalue weighted by molar-refractivity contribution is 5.90. The Labute approximate surface area is 205 Å². The predicted octanol–water partition coefficient (Wildman–Crippen LogP) is 6.01. The molecule has 0 amide bonds. The standard InChI is InChI=1S/C30H31N3O2/c1-5-21(18-34)22-8-6-7-9-26(22)32-30(12-13-30)25-15-20(3)14-24-23(25)16-28(33(4)29(24)35)27-11-10-19(2)17-31-27/h6-11,14-18,21,32H,5,12-13H2,1-4H3. The summed E-state index contributed by atoms with van der Waals surface area (Å²) in [6.45, 7) is 6.08. The Hall–Kier alpha value is -3.73. The highest BCUT2D eigenvalue weighted by Crippen LogP contribution is 2.51. The molecule has 0 bridgehead atoms. The largest absolute Gasteiger partial charge is 0.375 e. The Morgan fingerprint density at radius 1 is 1.06 bits per heavy atom. The molecule has 0 spiro atoms. The number of hydrogen-bond donors (Lipinski definition) is 1. The van der Waals surface area contributed by atoms with Crippen molar-refractivity contribution in [3.8, 4) is 11.4 Å². The van der Waals surface area contributed by atoms with Gasteiger partial charge in [-0.3, -0.25) is 9.78 Å². The van der Waals surface area contributed by atoms with Gasteiger partial charge in [0, 0.05) is 30.2 Å². The SMILES string of the molecule is CCC(C=O)c1ccccc1NC1(c2cc(C)cc3c(=O)n(C)c(-c4ccc(C)cn4)cc23)CC1. The molecule has 1 unspecified atom stereocenters. The van der Waals surface area contributed by atoms with Crippen LogP contribution in [0.2, 0.25) is 0 Å². The summed E-state index contributed by atoms with van der Waals surface area (Å²) in [4.78, 5) is 29.8. The van der Waals surface area contributed by atoms with Crippen molar-refractivity contribution in [3.63, 3.8) is 0 Å². The lowest BCUT2D eigenvalue weighted by Crippen LogP contribution is -2.24. The molecule has 0 radical (unpaired) electrons. The molecule has 5 heteroatoms. The maximum atomic E-state index is 13.5. The molecule has 35 heavy (non-hydrogen) atoms. The summed E-state index contributed by atoms with van der Waals surface area (Å²) in [5.74, 6) is -0.143. The molecular weight excluding hydrogens is 434 g/mol. The molecule has 0 aliphatic heterocycles. The lowest BCUT2D eigenvalue weighted by atomic mass is 9.92. The second-order valence-electron chi connectivity index (χ2n) is 9.83. The van der Waals surface area contributed by atoms with Crippen molar-refractivity contribution < 1.29 is 4.79 Å². The van der Waals surface area contributed by atoms with Crippen LogP contribution < -0.4 is 10.9 Å². The molecule has 1 saturated carbocycles. The normalized spacial score (nSPS) is 15.1. The number of nitrogens with zero attached hydrogens (tertiary/aromatic N) is 2. The molecule has 1 aliphatic rings. The number of anilines is 1. The van der Waals surface area contributed by atoms with E-state index in [1.807, 2.05) is 70.4 Å². The maximum absolute atomic E-state index is 13.5. The van der Waals surface area contributed by atoms with Crippen LogP contribution in [0.3, 0.4) is 0 Å². The van der Waals surface area contributed by atoms with Crippen LogP contribution in [0.1, 0.15) is 54.4 Å². The number of carbonyl (C=O) groups excluding carboxylic acids is 1. The number of rotatable bonds is 7. The van der Waals surface area contributed by atoms with Crippen LogP contribution in [0.25, 0.3) is 22.2 Å². The van der Waals surface area contributed by atoms with Crippen LogP contribution in [0.5, 0.6) is 0 Å². The van der Waals surface area contributed by atoms with E-state index >= 15 is 0 Å². The predicted molar refractivity (Wildman–Crippen MR) is 142 cm³/mol. The van der Waals surface area contributed by atoms with Gasteiger partial charge in [0.1, 0.15) is 6.29 Å². The van der Waals surface area contributed by atoms with Gasteiger partial charge in [0.15, 0.2) is 0 Å². The van der Waals surface area contributed by atoms with Crippen molar-refractivity contribution in [3.05, 3.63) is 93.4 Å². The van der Waals surface area contributed by atoms with Gasteiger partial charge in [-0.15, -0.1) is 0 Å². The van der Waals surface area contributed by atoms with Crippen molar-refractivity contribution in [2.45, 2.75) is 51.5 Å². The molecule has 5 rings (SSSR count). The van der Waals surface area contributed by atoms with E-state index in [-0.39, 0.29) is 17.0 Å². The van der Waals surface area contributed by atoms with E-state index in [1.165, 1.54) is 0 Å². The van der Waals surface area contributed by atoms with Crippen LogP contribution >= 0.6 is 0 Å². The minimum Gasteiger partial charge on any atom is -0.375 e. The fourth-order valence-corrected chi connectivity index (χ4v) is 5.08. The monoisotopic (exact) mass is 465 g/mol. The second-order valence-corrected chi connectivity index (χ2v) is 9.83. The summed E-state index contributed by atoms with van der Waals surface area (Å²) in [5, 5.41) is 5.48. The average molecular weight is 466 g/mol. The van der Waals surface area contributed by atoms with Gasteiger partial charge in [-0.1, -0.05) is 37.3 Å². The van der Waals surface area contributed by atoms with Crippen molar-refractivity contribution in [1.82, 2.24) is 9.55 Å². The highest BCUT2D eigenvalue weighted by atomic mass is 16.1. The summed E-state index contributed by atoms with van der Waals surface area (Å²) >= 11 is 0. The van der Waals surface area contributed by atoms with E-state index in [1.54, 1.807) is 4.57 Å². The number of nitrogens with one attached hydrogen (secondary N) is 1. The molecule has 2 aromatic heterocycles. The zero-order chi connectivity index (χ0) is 24.7. The van der Waals surface area contributed by atoms with Crippen molar-refractivity contribution in [1.29, 1.82) is 0 Å². The Morgan fingerprint density at radius 2 is 1.83 bits per heavy atom. The van der Waals surface area contributed by atoms with E-state index < -0.39 is 0 Å². The quantitative estimate of drug-likeness (QED) is 0.340. The molecule has 5 nitrogen and oxygen atoms in total.